The number of hydrogen-bond acceptors (Lipinski definition) is 4. The largest absolute Gasteiger partial charge is 0.500 e. The second-order valence-corrected chi connectivity index (χ2v) is 6.35. The van der Waals surface area contributed by atoms with Gasteiger partial charge in [-0.25, -0.2) is 0 Å². The third-order valence-corrected chi connectivity index (χ3v) is 4.96. The van der Waals surface area contributed by atoms with Gasteiger partial charge < -0.3 is 19.0 Å². The lowest BCUT2D eigenvalue weighted by molar-refractivity contribution is -0.118. The van der Waals surface area contributed by atoms with Crippen LogP contribution in [0.3, 0.4) is 0 Å². The number of amides is 1. The molecular weight excluding hydrogens is 226 g/mol. The SMILES string of the molecule is CCCC(N)=O.CCC[Si](OC)(OC)OC. The quantitative estimate of drug-likeness (QED) is 0.697. The molecule has 0 spiro atoms. The lowest BCUT2D eigenvalue weighted by atomic mass is 10.3. The third kappa shape index (κ3) is 8.84. The van der Waals surface area contributed by atoms with Gasteiger partial charge in [0.15, 0.2) is 0 Å². The van der Waals surface area contributed by atoms with Gasteiger partial charge in [-0.2, -0.15) is 0 Å². The first-order chi connectivity index (χ1) is 7.51. The minimum Gasteiger partial charge on any atom is -0.377 e. The highest BCUT2D eigenvalue weighted by Crippen LogP contribution is 2.13. The fraction of sp³-hybridized carbons (Fsp3) is 0.900. The number of rotatable bonds is 7. The molecule has 0 aromatic heterocycles. The minimum atomic E-state index is -2.22. The molecule has 16 heavy (non-hydrogen) atoms. The van der Waals surface area contributed by atoms with E-state index < -0.39 is 8.80 Å². The van der Waals surface area contributed by atoms with E-state index >= 15 is 0 Å². The predicted octanol–water partition coefficient (Wildman–Crippen LogP) is 1.55. The summed E-state index contributed by atoms with van der Waals surface area (Å²) in [6, 6.07) is 0.885. The number of primary amides is 1. The first kappa shape index (κ1) is 17.9. The highest BCUT2D eigenvalue weighted by Gasteiger charge is 2.36. The van der Waals surface area contributed by atoms with Gasteiger partial charge in [0, 0.05) is 33.8 Å². The van der Waals surface area contributed by atoms with Crippen LogP contribution >= 0.6 is 0 Å². The molecule has 98 valence electrons. The average molecular weight is 251 g/mol. The van der Waals surface area contributed by atoms with Gasteiger partial charge in [0.1, 0.15) is 0 Å². The normalized spacial score (nSPS) is 10.6. The molecule has 2 N–H and O–H groups in total. The van der Waals surface area contributed by atoms with Crippen LogP contribution < -0.4 is 5.73 Å². The molecule has 0 rings (SSSR count). The summed E-state index contributed by atoms with van der Waals surface area (Å²) >= 11 is 0. The summed E-state index contributed by atoms with van der Waals surface area (Å²) in [5.74, 6) is -0.211. The molecule has 0 saturated heterocycles. The van der Waals surface area contributed by atoms with E-state index in [9.17, 15) is 4.79 Å². The van der Waals surface area contributed by atoms with E-state index in [1.54, 1.807) is 21.3 Å². The van der Waals surface area contributed by atoms with Crippen molar-refractivity contribution in [2.45, 2.75) is 39.2 Å². The van der Waals surface area contributed by atoms with Crippen molar-refractivity contribution in [3.63, 3.8) is 0 Å². The molecule has 0 heterocycles. The van der Waals surface area contributed by atoms with Crippen LogP contribution in [0, 0.1) is 0 Å². The maximum Gasteiger partial charge on any atom is 0.500 e. The Balaban J connectivity index is 0. The summed E-state index contributed by atoms with van der Waals surface area (Å²) in [4.78, 5) is 9.82. The molecular formula is C10H25NO4Si. The molecule has 0 aromatic rings. The standard InChI is InChI=1S/C6H16O3Si.C4H9NO/c1-5-6-10(7-2,8-3)9-4;1-2-3-4(5)6/h5-6H2,1-4H3;2-3H2,1H3,(H2,5,6). The summed E-state index contributed by atoms with van der Waals surface area (Å²) in [5.41, 5.74) is 4.76. The first-order valence-electron chi connectivity index (χ1n) is 5.45. The maximum absolute atomic E-state index is 9.82. The maximum atomic E-state index is 9.82. The van der Waals surface area contributed by atoms with Gasteiger partial charge in [0.05, 0.1) is 0 Å². The molecule has 0 fully saturated rings. The molecule has 0 unspecified atom stereocenters. The van der Waals surface area contributed by atoms with Gasteiger partial charge in [0.25, 0.3) is 0 Å². The van der Waals surface area contributed by atoms with Gasteiger partial charge in [-0.1, -0.05) is 20.3 Å². The summed E-state index contributed by atoms with van der Waals surface area (Å²) in [5, 5.41) is 0. The molecule has 0 saturated carbocycles. The lowest BCUT2D eigenvalue weighted by Crippen LogP contribution is -2.42. The van der Waals surface area contributed by atoms with Gasteiger partial charge in [-0.3, -0.25) is 4.79 Å². The molecule has 0 radical (unpaired) electrons. The average Bonchev–Trinajstić information content (AvgIpc) is 2.27. The smallest absolute Gasteiger partial charge is 0.377 e. The zero-order valence-corrected chi connectivity index (χ0v) is 12.0. The Morgan fingerprint density at radius 1 is 1.06 bits per heavy atom. The number of carbonyl (C=O) groups excluding carboxylic acids is 1. The van der Waals surface area contributed by atoms with Crippen LogP contribution in [0.4, 0.5) is 0 Å². The number of hydrogen-bond donors (Lipinski definition) is 1. The second-order valence-electron chi connectivity index (χ2n) is 3.26. The summed E-state index contributed by atoms with van der Waals surface area (Å²) in [7, 11) is 2.68. The van der Waals surface area contributed by atoms with Crippen molar-refractivity contribution in [1.82, 2.24) is 0 Å². The Hall–Kier alpha value is -0.433. The van der Waals surface area contributed by atoms with Gasteiger partial charge in [-0.15, -0.1) is 0 Å². The zero-order chi connectivity index (χ0) is 13.0. The molecule has 0 aliphatic heterocycles. The van der Waals surface area contributed by atoms with E-state index in [0.717, 1.165) is 18.9 Å². The van der Waals surface area contributed by atoms with E-state index in [1.165, 1.54) is 0 Å². The van der Waals surface area contributed by atoms with E-state index in [4.69, 9.17) is 19.0 Å². The number of carbonyl (C=O) groups is 1. The van der Waals surface area contributed by atoms with Gasteiger partial charge in [-0.05, 0) is 6.42 Å². The first-order valence-corrected chi connectivity index (χ1v) is 7.38. The Morgan fingerprint density at radius 2 is 1.50 bits per heavy atom. The lowest BCUT2D eigenvalue weighted by Gasteiger charge is -2.23. The minimum absolute atomic E-state index is 0.211. The van der Waals surface area contributed by atoms with Gasteiger partial charge >= 0.3 is 8.80 Å². The van der Waals surface area contributed by atoms with Crippen LogP contribution in [0.25, 0.3) is 0 Å². The Kier molecular flexibility index (Phi) is 12.4. The topological polar surface area (TPSA) is 70.8 Å². The van der Waals surface area contributed by atoms with Crippen LogP contribution in [0.5, 0.6) is 0 Å². The Morgan fingerprint density at radius 3 is 1.56 bits per heavy atom. The highest BCUT2D eigenvalue weighted by atomic mass is 28.4. The van der Waals surface area contributed by atoms with Gasteiger partial charge in [0.2, 0.25) is 5.91 Å². The second kappa shape index (κ2) is 11.1. The van der Waals surface area contributed by atoms with Crippen molar-refractivity contribution in [1.29, 1.82) is 0 Å². The van der Waals surface area contributed by atoms with E-state index in [-0.39, 0.29) is 5.91 Å². The summed E-state index contributed by atoms with van der Waals surface area (Å²) in [6.45, 7) is 4.00. The van der Waals surface area contributed by atoms with Crippen molar-refractivity contribution in [3.8, 4) is 0 Å². The molecule has 0 aliphatic rings. The molecule has 0 bridgehead atoms. The summed E-state index contributed by atoms with van der Waals surface area (Å²) < 4.78 is 15.5. The van der Waals surface area contributed by atoms with E-state index in [0.29, 0.717) is 6.42 Å². The fourth-order valence-electron chi connectivity index (χ4n) is 1.11. The van der Waals surface area contributed by atoms with E-state index in [2.05, 4.69) is 6.92 Å². The van der Waals surface area contributed by atoms with Crippen molar-refractivity contribution in [2.24, 2.45) is 5.73 Å². The molecule has 0 aromatic carbocycles. The van der Waals surface area contributed by atoms with E-state index in [1.807, 2.05) is 6.92 Å². The van der Waals surface area contributed by atoms with Crippen LogP contribution in [0.1, 0.15) is 33.1 Å². The molecule has 0 aliphatic carbocycles. The van der Waals surface area contributed by atoms with Crippen LogP contribution in [0.2, 0.25) is 6.04 Å². The molecule has 1 amide bonds. The molecule has 6 heteroatoms. The predicted molar refractivity (Wildman–Crippen MR) is 66.0 cm³/mol. The Bertz CT molecular complexity index is 166. The fourth-order valence-corrected chi connectivity index (χ4v) is 2.83. The molecule has 5 nitrogen and oxygen atoms in total. The van der Waals surface area contributed by atoms with Crippen LogP contribution in [0.15, 0.2) is 0 Å². The zero-order valence-electron chi connectivity index (χ0n) is 11.0. The van der Waals surface area contributed by atoms with Crippen molar-refractivity contribution in [3.05, 3.63) is 0 Å². The monoisotopic (exact) mass is 251 g/mol. The summed E-state index contributed by atoms with van der Waals surface area (Å²) in [6.07, 6.45) is 2.40. The highest BCUT2D eigenvalue weighted by molar-refractivity contribution is 6.60. The van der Waals surface area contributed by atoms with Crippen LogP contribution in [-0.4, -0.2) is 36.0 Å². The van der Waals surface area contributed by atoms with Crippen molar-refractivity contribution >= 4 is 14.7 Å². The van der Waals surface area contributed by atoms with Crippen molar-refractivity contribution in [2.75, 3.05) is 21.3 Å². The van der Waals surface area contributed by atoms with Crippen molar-refractivity contribution < 1.29 is 18.1 Å². The third-order valence-electron chi connectivity index (χ3n) is 1.99. The number of nitrogens with two attached hydrogens (primary N) is 1. The Labute approximate surface area is 99.6 Å². The molecule has 0 atom stereocenters. The van der Waals surface area contributed by atoms with Crippen LogP contribution in [-0.2, 0) is 18.1 Å².